The number of aromatic nitrogens is 1. The third-order valence-corrected chi connectivity index (χ3v) is 2.79. The predicted octanol–water partition coefficient (Wildman–Crippen LogP) is 1.96. The predicted molar refractivity (Wildman–Crippen MR) is 72.4 cm³/mol. The van der Waals surface area contributed by atoms with Crippen molar-refractivity contribution in [1.29, 1.82) is 0 Å². The van der Waals surface area contributed by atoms with Gasteiger partial charge in [-0.15, -0.1) is 0 Å². The smallest absolute Gasteiger partial charge is 0.325 e. The first kappa shape index (κ1) is 14.8. The number of likely N-dealkylation sites (N-methyl/N-ethyl adjacent to an activating group) is 1. The lowest BCUT2D eigenvalue weighted by atomic mass is 10.3. The van der Waals surface area contributed by atoms with Crippen LogP contribution in [-0.4, -0.2) is 41.6 Å². The van der Waals surface area contributed by atoms with Crippen LogP contribution in [0.3, 0.4) is 0 Å². The largest absolute Gasteiger partial charge is 0.465 e. The molecule has 0 aliphatic rings. The summed E-state index contributed by atoms with van der Waals surface area (Å²) in [6.45, 7) is 4.00. The Morgan fingerprint density at radius 3 is 2.76 bits per heavy atom. The molecule has 2 rings (SSSR count). The molecular weight excluding hydrogens is 276 g/mol. The van der Waals surface area contributed by atoms with Crippen LogP contribution >= 0.6 is 0 Å². The van der Waals surface area contributed by atoms with Crippen LogP contribution in [0, 0.1) is 0 Å². The van der Waals surface area contributed by atoms with E-state index < -0.39 is 11.9 Å². The van der Waals surface area contributed by atoms with Gasteiger partial charge in [-0.2, -0.15) is 0 Å². The topological polar surface area (TPSA) is 85.8 Å². The van der Waals surface area contributed by atoms with Crippen LogP contribution in [0.2, 0.25) is 0 Å². The lowest BCUT2D eigenvalue weighted by Gasteiger charge is -2.17. The lowest BCUT2D eigenvalue weighted by Crippen LogP contribution is -2.36. The molecular formula is C14H16N2O5. The van der Waals surface area contributed by atoms with Gasteiger partial charge in [0.25, 0.3) is 5.91 Å². The molecule has 0 unspecified atom stereocenters. The highest BCUT2D eigenvalue weighted by atomic mass is 16.5. The molecule has 7 heteroatoms. The summed E-state index contributed by atoms with van der Waals surface area (Å²) in [4.78, 5) is 25.1. The van der Waals surface area contributed by atoms with Gasteiger partial charge in [0.2, 0.25) is 5.76 Å². The van der Waals surface area contributed by atoms with Crippen LogP contribution in [0.25, 0.3) is 11.5 Å². The van der Waals surface area contributed by atoms with E-state index in [0.29, 0.717) is 18.1 Å². The molecule has 0 saturated carbocycles. The van der Waals surface area contributed by atoms with Crippen molar-refractivity contribution in [2.45, 2.75) is 13.8 Å². The van der Waals surface area contributed by atoms with Crippen molar-refractivity contribution in [2.24, 2.45) is 0 Å². The summed E-state index contributed by atoms with van der Waals surface area (Å²) >= 11 is 0. The van der Waals surface area contributed by atoms with Gasteiger partial charge in [-0.1, -0.05) is 5.16 Å². The van der Waals surface area contributed by atoms with Gasteiger partial charge in [-0.3, -0.25) is 9.59 Å². The molecule has 0 atom stereocenters. The third-order valence-electron chi connectivity index (χ3n) is 2.79. The Bertz CT molecular complexity index is 603. The van der Waals surface area contributed by atoms with E-state index in [1.54, 1.807) is 26.0 Å². The molecule has 2 aromatic rings. The zero-order chi connectivity index (χ0) is 15.2. The Morgan fingerprint density at radius 1 is 1.33 bits per heavy atom. The first-order valence-electron chi connectivity index (χ1n) is 6.61. The summed E-state index contributed by atoms with van der Waals surface area (Å²) in [6.07, 6.45) is 1.50. The summed E-state index contributed by atoms with van der Waals surface area (Å²) in [7, 11) is 0. The van der Waals surface area contributed by atoms with E-state index in [2.05, 4.69) is 5.16 Å². The molecule has 2 heterocycles. The fourth-order valence-electron chi connectivity index (χ4n) is 1.76. The molecule has 21 heavy (non-hydrogen) atoms. The molecule has 0 spiro atoms. The Kier molecular flexibility index (Phi) is 4.76. The number of carbonyl (C=O) groups excluding carboxylic acids is 2. The zero-order valence-electron chi connectivity index (χ0n) is 11.9. The highest BCUT2D eigenvalue weighted by molar-refractivity contribution is 5.94. The van der Waals surface area contributed by atoms with Gasteiger partial charge in [0.05, 0.1) is 12.9 Å². The number of ether oxygens (including phenoxy) is 1. The van der Waals surface area contributed by atoms with Crippen LogP contribution in [-0.2, 0) is 9.53 Å². The summed E-state index contributed by atoms with van der Waals surface area (Å²) in [5.41, 5.74) is 0.118. The van der Waals surface area contributed by atoms with Crippen molar-refractivity contribution >= 4 is 11.9 Å². The second-order valence-electron chi connectivity index (χ2n) is 4.18. The molecule has 0 aliphatic heterocycles. The summed E-state index contributed by atoms with van der Waals surface area (Å²) in [6, 6.07) is 4.89. The van der Waals surface area contributed by atoms with Crippen molar-refractivity contribution in [3.05, 3.63) is 30.2 Å². The number of nitrogens with zero attached hydrogens (tertiary/aromatic N) is 2. The average molecular weight is 292 g/mol. The molecule has 7 nitrogen and oxygen atoms in total. The minimum atomic E-state index is -0.456. The lowest BCUT2D eigenvalue weighted by molar-refractivity contribution is -0.143. The Labute approximate surface area is 121 Å². The Balaban J connectivity index is 2.09. The highest BCUT2D eigenvalue weighted by Crippen LogP contribution is 2.21. The molecule has 0 aromatic carbocycles. The number of rotatable bonds is 6. The monoisotopic (exact) mass is 292 g/mol. The van der Waals surface area contributed by atoms with Gasteiger partial charge in [0.1, 0.15) is 6.54 Å². The van der Waals surface area contributed by atoms with Crippen molar-refractivity contribution in [3.63, 3.8) is 0 Å². The number of amides is 1. The van der Waals surface area contributed by atoms with Gasteiger partial charge < -0.3 is 18.6 Å². The van der Waals surface area contributed by atoms with Gasteiger partial charge in [0, 0.05) is 12.6 Å². The molecule has 112 valence electrons. The molecule has 0 saturated heterocycles. The van der Waals surface area contributed by atoms with Crippen LogP contribution < -0.4 is 0 Å². The number of hydrogen-bond donors (Lipinski definition) is 0. The molecule has 0 fully saturated rings. The zero-order valence-corrected chi connectivity index (χ0v) is 11.9. The second kappa shape index (κ2) is 6.74. The first-order chi connectivity index (χ1) is 10.2. The SMILES string of the molecule is CCOC(=O)CN(CC)C(=O)c1cc(-c2ccco2)on1. The van der Waals surface area contributed by atoms with Crippen molar-refractivity contribution in [2.75, 3.05) is 19.7 Å². The number of hydrogen-bond acceptors (Lipinski definition) is 6. The maximum absolute atomic E-state index is 12.3. The minimum absolute atomic E-state index is 0.118. The third kappa shape index (κ3) is 3.50. The summed E-state index contributed by atoms with van der Waals surface area (Å²) < 4.78 is 15.1. The number of furan rings is 1. The summed E-state index contributed by atoms with van der Waals surface area (Å²) in [5.74, 6) is -0.0138. The van der Waals surface area contributed by atoms with Gasteiger partial charge in [-0.05, 0) is 26.0 Å². The van der Waals surface area contributed by atoms with Gasteiger partial charge >= 0.3 is 5.97 Å². The highest BCUT2D eigenvalue weighted by Gasteiger charge is 2.22. The molecule has 0 bridgehead atoms. The van der Waals surface area contributed by atoms with Crippen LogP contribution in [0.15, 0.2) is 33.4 Å². The fraction of sp³-hybridized carbons (Fsp3) is 0.357. The van der Waals surface area contributed by atoms with Gasteiger partial charge in [0.15, 0.2) is 11.5 Å². The summed E-state index contributed by atoms with van der Waals surface area (Å²) in [5, 5.41) is 3.72. The van der Waals surface area contributed by atoms with E-state index in [1.807, 2.05) is 0 Å². The van der Waals surface area contributed by atoms with E-state index in [-0.39, 0.29) is 18.8 Å². The van der Waals surface area contributed by atoms with Crippen molar-refractivity contribution < 1.29 is 23.3 Å². The average Bonchev–Trinajstić information content (AvgIpc) is 3.14. The first-order valence-corrected chi connectivity index (χ1v) is 6.61. The number of esters is 1. The van der Waals surface area contributed by atoms with E-state index in [1.165, 1.54) is 17.2 Å². The number of carbonyl (C=O) groups is 2. The van der Waals surface area contributed by atoms with Gasteiger partial charge in [-0.25, -0.2) is 0 Å². The maximum Gasteiger partial charge on any atom is 0.325 e. The fourth-order valence-corrected chi connectivity index (χ4v) is 1.76. The van der Waals surface area contributed by atoms with Crippen molar-refractivity contribution in [3.8, 4) is 11.5 Å². The quantitative estimate of drug-likeness (QED) is 0.756. The molecule has 0 N–H and O–H groups in total. The van der Waals surface area contributed by atoms with E-state index in [9.17, 15) is 9.59 Å². The normalized spacial score (nSPS) is 10.4. The standard InChI is InChI=1S/C14H16N2O5/c1-3-16(9-13(17)19-4-2)14(18)10-8-12(21-15-10)11-6-5-7-20-11/h5-8H,3-4,9H2,1-2H3. The van der Waals surface area contributed by atoms with Crippen molar-refractivity contribution in [1.82, 2.24) is 10.1 Å². The minimum Gasteiger partial charge on any atom is -0.465 e. The Hall–Kier alpha value is -2.57. The maximum atomic E-state index is 12.3. The Morgan fingerprint density at radius 2 is 2.14 bits per heavy atom. The van der Waals surface area contributed by atoms with E-state index in [0.717, 1.165) is 0 Å². The van der Waals surface area contributed by atoms with Crippen LogP contribution in [0.4, 0.5) is 0 Å². The molecule has 1 amide bonds. The van der Waals surface area contributed by atoms with Crippen LogP contribution in [0.5, 0.6) is 0 Å². The second-order valence-corrected chi connectivity index (χ2v) is 4.18. The molecule has 0 aliphatic carbocycles. The molecule has 0 radical (unpaired) electrons. The molecule has 2 aromatic heterocycles. The van der Waals surface area contributed by atoms with E-state index >= 15 is 0 Å². The van der Waals surface area contributed by atoms with Crippen LogP contribution in [0.1, 0.15) is 24.3 Å². The van der Waals surface area contributed by atoms with E-state index in [4.69, 9.17) is 13.7 Å².